The molecule has 0 aromatic heterocycles. The van der Waals surface area contributed by atoms with Crippen molar-refractivity contribution in [2.24, 2.45) is 5.92 Å². The molecule has 15 heteroatoms. The van der Waals surface area contributed by atoms with Gasteiger partial charge in [0.2, 0.25) is 0 Å². The van der Waals surface area contributed by atoms with Gasteiger partial charge >= 0.3 is 21.5 Å². The second-order valence-corrected chi connectivity index (χ2v) is 13.3. The van der Waals surface area contributed by atoms with Crippen molar-refractivity contribution in [3.05, 3.63) is 64.7 Å². The summed E-state index contributed by atoms with van der Waals surface area (Å²) in [5.41, 5.74) is -6.43. The summed E-state index contributed by atoms with van der Waals surface area (Å²) in [5.74, 6) is -4.75. The van der Waals surface area contributed by atoms with Gasteiger partial charge < -0.3 is 5.11 Å². The minimum Gasteiger partial charge on any atom is -0.481 e. The standard InChI is InChI=1S/C22H21ClF5NO6S2/c1-13(20(30)31)8-9-29(37(34,35)22(26,27)28)16-11-21(12-16,18-10-15(24)4-7-19(18)25)36(32,33)17-5-2-14(23)3-6-17/h2-7,10,13,16H,8-9,11-12H2,1H3,(H,30,31)/t13?,16-,21+. The van der Waals surface area contributed by atoms with Crippen LogP contribution in [0.2, 0.25) is 5.02 Å². The van der Waals surface area contributed by atoms with Crippen molar-refractivity contribution in [2.75, 3.05) is 6.54 Å². The summed E-state index contributed by atoms with van der Waals surface area (Å²) in [5, 5.41) is 9.21. The Kier molecular flexibility index (Phi) is 8.00. The van der Waals surface area contributed by atoms with E-state index in [1.54, 1.807) is 0 Å². The Morgan fingerprint density at radius 3 is 2.19 bits per heavy atom. The van der Waals surface area contributed by atoms with Gasteiger partial charge in [0, 0.05) is 23.2 Å². The van der Waals surface area contributed by atoms with Gasteiger partial charge in [-0.25, -0.2) is 25.6 Å². The van der Waals surface area contributed by atoms with Crippen molar-refractivity contribution in [3.8, 4) is 0 Å². The van der Waals surface area contributed by atoms with Crippen LogP contribution in [-0.2, 0) is 29.4 Å². The van der Waals surface area contributed by atoms with Gasteiger partial charge in [-0.15, -0.1) is 0 Å². The van der Waals surface area contributed by atoms with Crippen molar-refractivity contribution >= 4 is 37.4 Å². The SMILES string of the molecule is CC(CCN([C@H]1C[C@@](c2cc(F)ccc2F)(S(=O)(=O)c2ccc(Cl)cc2)C1)S(=O)(=O)C(F)(F)F)C(=O)O. The first kappa shape index (κ1) is 29.3. The normalized spacial score (nSPS) is 21.5. The Morgan fingerprint density at radius 2 is 1.68 bits per heavy atom. The molecule has 0 spiro atoms. The van der Waals surface area contributed by atoms with Crippen LogP contribution >= 0.6 is 11.6 Å². The third-order valence-electron chi connectivity index (χ3n) is 6.40. The van der Waals surface area contributed by atoms with E-state index in [1.165, 1.54) is 19.1 Å². The van der Waals surface area contributed by atoms with E-state index in [0.717, 1.165) is 18.2 Å². The summed E-state index contributed by atoms with van der Waals surface area (Å²) in [4.78, 5) is 10.7. The molecule has 0 amide bonds. The van der Waals surface area contributed by atoms with E-state index in [0.29, 0.717) is 12.1 Å². The zero-order valence-electron chi connectivity index (χ0n) is 19.0. The Bertz CT molecular complexity index is 1390. The van der Waals surface area contributed by atoms with Crippen LogP contribution in [0.25, 0.3) is 0 Å². The second kappa shape index (κ2) is 10.1. The molecule has 1 N–H and O–H groups in total. The number of aliphatic carboxylic acids is 1. The maximum Gasteiger partial charge on any atom is 0.511 e. The highest BCUT2D eigenvalue weighted by Gasteiger charge is 2.62. The molecule has 0 radical (unpaired) electrons. The molecule has 0 aliphatic heterocycles. The highest BCUT2D eigenvalue weighted by atomic mass is 35.5. The van der Waals surface area contributed by atoms with E-state index >= 15 is 0 Å². The van der Waals surface area contributed by atoms with Crippen molar-refractivity contribution < 1.29 is 48.7 Å². The van der Waals surface area contributed by atoms with Gasteiger partial charge in [-0.1, -0.05) is 18.5 Å². The van der Waals surface area contributed by atoms with E-state index in [1.807, 2.05) is 0 Å². The minimum absolute atomic E-state index is 0.000721. The average molecular weight is 590 g/mol. The molecular formula is C22H21ClF5NO6S2. The van der Waals surface area contributed by atoms with Gasteiger partial charge in [0.05, 0.1) is 10.8 Å². The van der Waals surface area contributed by atoms with Crippen LogP contribution in [-0.4, -0.2) is 50.3 Å². The number of carboxylic acids is 1. The Morgan fingerprint density at radius 1 is 1.11 bits per heavy atom. The molecule has 1 aliphatic carbocycles. The molecule has 37 heavy (non-hydrogen) atoms. The summed E-state index contributed by atoms with van der Waals surface area (Å²) >= 11 is 5.80. The number of sulfonamides is 1. The first-order valence-electron chi connectivity index (χ1n) is 10.7. The fraction of sp³-hybridized carbons (Fsp3) is 0.409. The Labute approximate surface area is 214 Å². The predicted molar refractivity (Wildman–Crippen MR) is 123 cm³/mol. The van der Waals surface area contributed by atoms with Gasteiger partial charge in [0.15, 0.2) is 9.84 Å². The number of benzene rings is 2. The monoisotopic (exact) mass is 589 g/mol. The molecule has 2 aromatic rings. The lowest BCUT2D eigenvalue weighted by atomic mass is 9.74. The van der Waals surface area contributed by atoms with Crippen molar-refractivity contribution in [1.29, 1.82) is 0 Å². The fourth-order valence-corrected chi connectivity index (χ4v) is 7.75. The van der Waals surface area contributed by atoms with Crippen LogP contribution in [0.4, 0.5) is 22.0 Å². The van der Waals surface area contributed by atoms with Crippen LogP contribution in [0.5, 0.6) is 0 Å². The van der Waals surface area contributed by atoms with E-state index in [9.17, 15) is 43.6 Å². The molecule has 0 heterocycles. The maximum atomic E-state index is 14.9. The zero-order valence-corrected chi connectivity index (χ0v) is 21.4. The smallest absolute Gasteiger partial charge is 0.481 e. The highest BCUT2D eigenvalue weighted by Crippen LogP contribution is 2.54. The van der Waals surface area contributed by atoms with E-state index in [4.69, 9.17) is 16.7 Å². The fourth-order valence-electron chi connectivity index (χ4n) is 4.25. The van der Waals surface area contributed by atoms with Gasteiger partial charge in [0.1, 0.15) is 16.4 Å². The molecule has 0 bridgehead atoms. The molecule has 0 saturated heterocycles. The maximum absolute atomic E-state index is 14.9. The number of carboxylic acid groups (broad SMARTS) is 1. The highest BCUT2D eigenvalue weighted by molar-refractivity contribution is 7.92. The number of carbonyl (C=O) groups is 1. The van der Waals surface area contributed by atoms with Gasteiger partial charge in [-0.2, -0.15) is 17.5 Å². The molecule has 1 fully saturated rings. The lowest BCUT2D eigenvalue weighted by Crippen LogP contribution is -2.60. The summed E-state index contributed by atoms with van der Waals surface area (Å²) in [6.07, 6.45) is -2.18. The lowest BCUT2D eigenvalue weighted by Gasteiger charge is -2.50. The van der Waals surface area contributed by atoms with Crippen molar-refractivity contribution in [1.82, 2.24) is 4.31 Å². The number of hydrogen-bond donors (Lipinski definition) is 1. The molecule has 2 aromatic carbocycles. The van der Waals surface area contributed by atoms with Crippen LogP contribution in [0.1, 0.15) is 31.7 Å². The van der Waals surface area contributed by atoms with Crippen molar-refractivity contribution in [2.45, 2.75) is 47.4 Å². The summed E-state index contributed by atoms with van der Waals surface area (Å²) in [7, 11) is -10.7. The number of rotatable bonds is 9. The first-order valence-corrected chi connectivity index (χ1v) is 14.0. The third-order valence-corrected chi connectivity index (χ3v) is 10.8. The topological polar surface area (TPSA) is 109 Å². The van der Waals surface area contributed by atoms with Crippen LogP contribution < -0.4 is 0 Å². The average Bonchev–Trinajstić information content (AvgIpc) is 2.76. The summed E-state index contributed by atoms with van der Waals surface area (Å²) in [6, 6.07) is 5.00. The molecule has 1 aliphatic rings. The largest absolute Gasteiger partial charge is 0.511 e. The summed E-state index contributed by atoms with van der Waals surface area (Å²) < 4.78 is 119. The first-order chi connectivity index (χ1) is 16.9. The van der Waals surface area contributed by atoms with Gasteiger partial charge in [0.25, 0.3) is 0 Å². The molecular weight excluding hydrogens is 569 g/mol. The van der Waals surface area contributed by atoms with Crippen LogP contribution in [0.3, 0.4) is 0 Å². The Hall–Kier alpha value is -2.29. The number of halogens is 6. The number of alkyl halides is 3. The number of nitrogens with zero attached hydrogens (tertiary/aromatic N) is 1. The van der Waals surface area contributed by atoms with Gasteiger partial charge in [-0.05, 0) is 61.7 Å². The van der Waals surface area contributed by atoms with E-state index in [2.05, 4.69) is 0 Å². The van der Waals surface area contributed by atoms with Crippen molar-refractivity contribution in [3.63, 3.8) is 0 Å². The minimum atomic E-state index is -6.03. The summed E-state index contributed by atoms with van der Waals surface area (Å²) in [6.45, 7) is 0.279. The number of sulfone groups is 1. The molecule has 1 unspecified atom stereocenters. The van der Waals surface area contributed by atoms with Crippen LogP contribution in [0.15, 0.2) is 47.4 Å². The van der Waals surface area contributed by atoms with E-state index < -0.39 is 91.1 Å². The molecule has 3 rings (SSSR count). The van der Waals surface area contributed by atoms with Crippen LogP contribution in [0, 0.1) is 17.6 Å². The quantitative estimate of drug-likeness (QED) is 0.424. The molecule has 1 saturated carbocycles. The van der Waals surface area contributed by atoms with Gasteiger partial charge in [-0.3, -0.25) is 4.79 Å². The Balaban J connectivity index is 2.11. The zero-order chi connectivity index (χ0) is 28.0. The molecule has 204 valence electrons. The molecule has 7 nitrogen and oxygen atoms in total. The van der Waals surface area contributed by atoms with E-state index in [-0.39, 0.29) is 14.2 Å². The second-order valence-electron chi connectivity index (χ2n) is 8.73. The molecule has 1 atom stereocenters. The lowest BCUT2D eigenvalue weighted by molar-refractivity contribution is -0.141. The third kappa shape index (κ3) is 5.33. The number of hydrogen-bond acceptors (Lipinski definition) is 5. The predicted octanol–water partition coefficient (Wildman–Crippen LogP) is 4.71.